The normalized spacial score (nSPS) is 20.1. The van der Waals surface area contributed by atoms with Gasteiger partial charge in [-0.2, -0.15) is 32.7 Å². The second kappa shape index (κ2) is 17.6. The summed E-state index contributed by atoms with van der Waals surface area (Å²) in [5.74, 6) is -2.42. The van der Waals surface area contributed by atoms with E-state index in [1.807, 2.05) is 11.0 Å². The molecule has 2 N–H and O–H groups in total. The number of hydrogen-bond donors (Lipinski definition) is 2. The van der Waals surface area contributed by atoms with Crippen LogP contribution in [-0.4, -0.2) is 139 Å². The van der Waals surface area contributed by atoms with E-state index in [9.17, 15) is 29.4 Å². The van der Waals surface area contributed by atoms with E-state index in [0.29, 0.717) is 83.0 Å². The van der Waals surface area contributed by atoms with Gasteiger partial charge in [-0.25, -0.2) is 19.2 Å². The third-order valence-corrected chi connectivity index (χ3v) is 14.9. The van der Waals surface area contributed by atoms with E-state index in [4.69, 9.17) is 23.2 Å². The summed E-state index contributed by atoms with van der Waals surface area (Å²) in [5.41, 5.74) is 0.561. The van der Waals surface area contributed by atoms with Gasteiger partial charge in [0.1, 0.15) is 0 Å². The SMILES string of the molecule is O=C(O)c1ccn(C(=O)N2CCC3(CCN(Cc4cc(Cl)c(-c5cc(Cl)cc(CN6CCC7(CCN(C(=O)n8ccc(C(=O)O)n8)CC7)C6)c5C(F)(F)F)c(N5CCCC5)c4)C3)CC2)n1. The zero-order valence-electron chi connectivity index (χ0n) is 35.7. The molecule has 15 nitrogen and oxygen atoms in total. The van der Waals surface area contributed by atoms with Crippen molar-refractivity contribution in [2.75, 3.05) is 70.3 Å². The minimum Gasteiger partial charge on any atom is -0.476 e. The Balaban J connectivity index is 0.907. The Morgan fingerprint density at radius 1 is 0.662 bits per heavy atom. The molecule has 9 rings (SSSR count). The number of aromatic nitrogens is 4. The first kappa shape index (κ1) is 45.0. The van der Waals surface area contributed by atoms with Gasteiger partial charge in [0, 0.05) is 94.1 Å². The first-order chi connectivity index (χ1) is 31.0. The molecule has 0 unspecified atom stereocenters. The molecule has 0 aliphatic carbocycles. The van der Waals surface area contributed by atoms with Gasteiger partial charge >= 0.3 is 30.2 Å². The number of hydrogen-bond acceptors (Lipinski definition) is 9. The molecule has 5 aliphatic rings. The number of carbonyl (C=O) groups excluding carboxylic acids is 2. The van der Waals surface area contributed by atoms with E-state index in [2.05, 4.69) is 20.0 Å². The second-order valence-corrected chi connectivity index (χ2v) is 19.4. The van der Waals surface area contributed by atoms with Crippen LogP contribution in [0.25, 0.3) is 11.1 Å². The maximum Gasteiger partial charge on any atom is 0.417 e. The summed E-state index contributed by atoms with van der Waals surface area (Å²) >= 11 is 13.9. The fourth-order valence-corrected chi connectivity index (χ4v) is 11.5. The summed E-state index contributed by atoms with van der Waals surface area (Å²) in [6.45, 7) is 6.59. The van der Waals surface area contributed by atoms with Crippen molar-refractivity contribution in [2.45, 2.75) is 70.6 Å². The zero-order valence-corrected chi connectivity index (χ0v) is 37.2. The standard InChI is InChI=1S/C45H50Cl2F3N9O6/c46-31-23-30(26-54-16-6-44(28-54)9-19-57(20-10-44)42(65)59-14-4-35(52-59)40(62)63)38(45(48,49)50)32(24-31)37-33(47)21-29(22-36(37)55-11-1-2-12-55)25-53-15-5-43(27-53)7-17-56(18-8-43)41(64)58-13-3-34(51-58)39(60)61/h3-4,13-14,21-24H,1-2,5-12,15-20,25-28H2,(H,60,61)(H,62,63). The number of carboxylic acid groups (broad SMARTS) is 2. The molecule has 0 saturated carbocycles. The molecule has 2 spiro atoms. The summed E-state index contributed by atoms with van der Waals surface area (Å²) in [6, 6.07) is 8.40. The van der Waals surface area contributed by atoms with E-state index in [0.717, 1.165) is 66.5 Å². The van der Waals surface area contributed by atoms with E-state index in [1.165, 1.54) is 36.7 Å². The lowest BCUT2D eigenvalue weighted by Gasteiger charge is -2.39. The molecule has 5 fully saturated rings. The number of rotatable bonds is 8. The predicted octanol–water partition coefficient (Wildman–Crippen LogP) is 7.98. The molecular weight excluding hydrogens is 890 g/mol. The van der Waals surface area contributed by atoms with Gasteiger partial charge in [-0.1, -0.05) is 23.2 Å². The molecule has 2 aromatic heterocycles. The van der Waals surface area contributed by atoms with Crippen LogP contribution in [0.5, 0.6) is 0 Å². The molecule has 20 heteroatoms. The van der Waals surface area contributed by atoms with Crippen LogP contribution in [0, 0.1) is 10.8 Å². The lowest BCUT2D eigenvalue weighted by Crippen LogP contribution is -2.45. The fourth-order valence-electron chi connectivity index (χ4n) is 10.9. The van der Waals surface area contributed by atoms with Crippen LogP contribution in [0.4, 0.5) is 28.4 Å². The van der Waals surface area contributed by atoms with Crippen LogP contribution in [0.3, 0.4) is 0 Å². The number of alkyl halides is 3. The summed E-state index contributed by atoms with van der Waals surface area (Å²) in [4.78, 5) is 58.6. The molecule has 5 saturated heterocycles. The number of halogens is 5. The van der Waals surface area contributed by atoms with Crippen molar-refractivity contribution in [3.8, 4) is 11.1 Å². The lowest BCUT2D eigenvalue weighted by atomic mass is 9.78. The van der Waals surface area contributed by atoms with Crippen LogP contribution >= 0.6 is 23.2 Å². The van der Waals surface area contributed by atoms with Crippen LogP contribution in [0.1, 0.15) is 89.0 Å². The fraction of sp³-hybridized carbons (Fsp3) is 0.511. The number of anilines is 1. The van der Waals surface area contributed by atoms with Gasteiger partial charge in [0.2, 0.25) is 0 Å². The Morgan fingerprint density at radius 3 is 1.63 bits per heavy atom. The Labute approximate surface area is 383 Å². The van der Waals surface area contributed by atoms with Crippen molar-refractivity contribution in [3.05, 3.63) is 86.9 Å². The topological polar surface area (TPSA) is 161 Å². The number of amides is 2. The van der Waals surface area contributed by atoms with E-state index >= 15 is 13.2 Å². The molecule has 4 aromatic rings. The maximum atomic E-state index is 15.6. The predicted molar refractivity (Wildman–Crippen MR) is 235 cm³/mol. The van der Waals surface area contributed by atoms with E-state index in [1.54, 1.807) is 15.9 Å². The third-order valence-electron chi connectivity index (χ3n) is 14.3. The van der Waals surface area contributed by atoms with Crippen molar-refractivity contribution < 1.29 is 42.6 Å². The van der Waals surface area contributed by atoms with E-state index in [-0.39, 0.29) is 56.0 Å². The van der Waals surface area contributed by atoms with Crippen molar-refractivity contribution >= 4 is 52.9 Å². The average molecular weight is 941 g/mol. The lowest BCUT2D eigenvalue weighted by molar-refractivity contribution is -0.137. The van der Waals surface area contributed by atoms with Gasteiger partial charge in [-0.15, -0.1) is 0 Å². The minimum atomic E-state index is -4.72. The Morgan fingerprint density at radius 2 is 1.15 bits per heavy atom. The molecule has 0 radical (unpaired) electrons. The zero-order chi connectivity index (χ0) is 45.8. The smallest absolute Gasteiger partial charge is 0.417 e. The highest BCUT2D eigenvalue weighted by atomic mass is 35.5. The number of likely N-dealkylation sites (tertiary alicyclic amines) is 4. The molecule has 7 heterocycles. The molecule has 0 atom stereocenters. The van der Waals surface area contributed by atoms with E-state index < -0.39 is 29.7 Å². The van der Waals surface area contributed by atoms with Gasteiger partial charge in [0.05, 0.1) is 10.6 Å². The summed E-state index contributed by atoms with van der Waals surface area (Å²) in [5, 5.41) is 26.6. The van der Waals surface area contributed by atoms with Crippen molar-refractivity contribution in [1.29, 1.82) is 0 Å². The Kier molecular flexibility index (Phi) is 12.2. The van der Waals surface area contributed by atoms with Crippen LogP contribution < -0.4 is 4.90 Å². The summed E-state index contributed by atoms with van der Waals surface area (Å²) < 4.78 is 48.8. The first-order valence-corrected chi connectivity index (χ1v) is 22.8. The third kappa shape index (κ3) is 9.18. The van der Waals surface area contributed by atoms with Crippen LogP contribution in [0.2, 0.25) is 10.0 Å². The average Bonchev–Trinajstić information content (AvgIpc) is 4.12. The monoisotopic (exact) mass is 939 g/mol. The molecule has 0 bridgehead atoms. The molecule has 65 heavy (non-hydrogen) atoms. The maximum absolute atomic E-state index is 15.6. The highest BCUT2D eigenvalue weighted by Crippen LogP contribution is 2.49. The number of piperidine rings is 2. The molecule has 2 aromatic carbocycles. The number of aromatic carboxylic acids is 2. The highest BCUT2D eigenvalue weighted by Gasteiger charge is 2.45. The molecule has 346 valence electrons. The summed E-state index contributed by atoms with van der Waals surface area (Å²) in [6.07, 6.45) is 4.34. The molecular formula is C45H50Cl2F3N9O6. The van der Waals surface area contributed by atoms with Gasteiger partial charge in [0.15, 0.2) is 11.4 Å². The highest BCUT2D eigenvalue weighted by molar-refractivity contribution is 6.35. The number of carbonyl (C=O) groups is 4. The molecule has 2 amide bonds. The van der Waals surface area contributed by atoms with Crippen molar-refractivity contribution in [2.24, 2.45) is 10.8 Å². The van der Waals surface area contributed by atoms with Crippen LogP contribution in [0.15, 0.2) is 48.8 Å². The van der Waals surface area contributed by atoms with Gasteiger partial charge < -0.3 is 24.9 Å². The van der Waals surface area contributed by atoms with Gasteiger partial charge in [-0.3, -0.25) is 9.80 Å². The minimum absolute atomic E-state index is 0.00496. The summed E-state index contributed by atoms with van der Waals surface area (Å²) in [7, 11) is 0. The second-order valence-electron chi connectivity index (χ2n) is 18.5. The van der Waals surface area contributed by atoms with Gasteiger partial charge in [0.25, 0.3) is 0 Å². The largest absolute Gasteiger partial charge is 0.476 e. The van der Waals surface area contributed by atoms with Gasteiger partial charge in [-0.05, 0) is 128 Å². The first-order valence-electron chi connectivity index (χ1n) is 22.1. The number of benzene rings is 2. The quantitative estimate of drug-likeness (QED) is 0.176. The molecule has 5 aliphatic heterocycles. The van der Waals surface area contributed by atoms with Crippen molar-refractivity contribution in [3.63, 3.8) is 0 Å². The Bertz CT molecular complexity index is 2510. The Hall–Kier alpha value is -5.17. The van der Waals surface area contributed by atoms with Crippen LogP contribution in [-0.2, 0) is 19.3 Å². The number of nitrogens with zero attached hydrogens (tertiary/aromatic N) is 9. The van der Waals surface area contributed by atoms with Crippen molar-refractivity contribution in [1.82, 2.24) is 39.2 Å². The number of carboxylic acids is 2.